The van der Waals surface area contributed by atoms with Gasteiger partial charge in [0.2, 0.25) is 0 Å². The summed E-state index contributed by atoms with van der Waals surface area (Å²) in [5, 5.41) is 9.05. The molecule has 0 unspecified atom stereocenters. The van der Waals surface area contributed by atoms with E-state index >= 15 is 0 Å². The van der Waals surface area contributed by atoms with Gasteiger partial charge in [0.15, 0.2) is 0 Å². The molecule has 0 bridgehead atoms. The smallest absolute Gasteiger partial charge is 0.0606 e. The highest BCUT2D eigenvalue weighted by atomic mass is 79.9. The van der Waals surface area contributed by atoms with Gasteiger partial charge in [-0.2, -0.15) is 0 Å². The lowest BCUT2D eigenvalue weighted by Gasteiger charge is -2.03. The normalized spacial score (nSPS) is 12.9. The summed E-state index contributed by atoms with van der Waals surface area (Å²) in [5.74, 6) is 0.746. The van der Waals surface area contributed by atoms with E-state index in [-0.39, 0.29) is 6.10 Å². The van der Waals surface area contributed by atoms with Gasteiger partial charge in [0.1, 0.15) is 0 Å². The molecule has 0 heterocycles. The van der Waals surface area contributed by atoms with E-state index in [1.165, 1.54) is 4.90 Å². The van der Waals surface area contributed by atoms with Crippen LogP contribution in [0.1, 0.15) is 6.92 Å². The molecule has 1 atom stereocenters. The summed E-state index contributed by atoms with van der Waals surface area (Å²) in [5.41, 5.74) is 0. The number of aliphatic hydroxyl groups excluding tert-OH is 1. The zero-order valence-corrected chi connectivity index (χ0v) is 9.23. The second-order valence-electron chi connectivity index (χ2n) is 2.62. The molecule has 3 heteroatoms. The molecule has 0 aliphatic heterocycles. The SMILES string of the molecule is C[C@@H](O)CSc1cccc(Br)c1. The Kier molecular flexibility index (Phi) is 4.12. The van der Waals surface area contributed by atoms with Gasteiger partial charge in [0.05, 0.1) is 6.10 Å². The Hall–Kier alpha value is 0.01000. The standard InChI is InChI=1S/C9H11BrOS/c1-7(11)6-12-9-4-2-3-8(10)5-9/h2-5,7,11H,6H2,1H3/t7-/m1/s1. The average molecular weight is 247 g/mol. The molecule has 0 spiro atoms. The van der Waals surface area contributed by atoms with Gasteiger partial charge < -0.3 is 5.11 Å². The number of aliphatic hydroxyl groups is 1. The van der Waals surface area contributed by atoms with Crippen LogP contribution in [0.2, 0.25) is 0 Å². The Balaban J connectivity index is 2.52. The molecule has 0 amide bonds. The maximum atomic E-state index is 9.05. The predicted molar refractivity (Wildman–Crippen MR) is 56.5 cm³/mol. The van der Waals surface area contributed by atoms with Crippen LogP contribution in [0.4, 0.5) is 0 Å². The fourth-order valence-corrected chi connectivity index (χ4v) is 2.14. The molecular weight excluding hydrogens is 236 g/mol. The van der Waals surface area contributed by atoms with Gasteiger partial charge in [0, 0.05) is 15.1 Å². The van der Waals surface area contributed by atoms with E-state index in [4.69, 9.17) is 5.11 Å². The third kappa shape index (κ3) is 3.61. The average Bonchev–Trinajstić information content (AvgIpc) is 2.01. The molecule has 0 saturated carbocycles. The number of rotatable bonds is 3. The van der Waals surface area contributed by atoms with Crippen LogP contribution >= 0.6 is 27.7 Å². The van der Waals surface area contributed by atoms with Crippen molar-refractivity contribution in [1.82, 2.24) is 0 Å². The minimum atomic E-state index is -0.242. The first-order valence-electron chi connectivity index (χ1n) is 3.75. The first-order valence-corrected chi connectivity index (χ1v) is 5.53. The van der Waals surface area contributed by atoms with Crippen LogP contribution in [-0.2, 0) is 0 Å². The maximum absolute atomic E-state index is 9.05. The quantitative estimate of drug-likeness (QED) is 0.829. The minimum absolute atomic E-state index is 0.242. The van der Waals surface area contributed by atoms with Crippen molar-refractivity contribution in [3.05, 3.63) is 28.7 Å². The fraction of sp³-hybridized carbons (Fsp3) is 0.333. The van der Waals surface area contributed by atoms with Gasteiger partial charge >= 0.3 is 0 Å². The Labute approximate surface area is 85.3 Å². The molecule has 66 valence electrons. The predicted octanol–water partition coefficient (Wildman–Crippen LogP) is 2.92. The Morgan fingerprint density at radius 3 is 2.92 bits per heavy atom. The van der Waals surface area contributed by atoms with E-state index in [1.54, 1.807) is 18.7 Å². The van der Waals surface area contributed by atoms with Crippen LogP contribution in [0, 0.1) is 0 Å². The van der Waals surface area contributed by atoms with Crippen LogP contribution in [0.3, 0.4) is 0 Å². The molecule has 0 aliphatic rings. The Morgan fingerprint density at radius 2 is 2.33 bits per heavy atom. The molecule has 1 rings (SSSR count). The Morgan fingerprint density at radius 1 is 1.58 bits per heavy atom. The summed E-state index contributed by atoms with van der Waals surface area (Å²) >= 11 is 5.06. The van der Waals surface area contributed by atoms with Crippen molar-refractivity contribution in [3.63, 3.8) is 0 Å². The molecule has 12 heavy (non-hydrogen) atoms. The Bertz CT molecular complexity index is 250. The van der Waals surface area contributed by atoms with Crippen LogP contribution in [0.25, 0.3) is 0 Å². The van der Waals surface area contributed by atoms with Crippen molar-refractivity contribution in [2.24, 2.45) is 0 Å². The topological polar surface area (TPSA) is 20.2 Å². The second kappa shape index (κ2) is 4.90. The van der Waals surface area contributed by atoms with Gasteiger partial charge in [-0.1, -0.05) is 22.0 Å². The molecule has 0 saturated heterocycles. The summed E-state index contributed by atoms with van der Waals surface area (Å²) in [6.07, 6.45) is -0.242. The zero-order chi connectivity index (χ0) is 8.97. The van der Waals surface area contributed by atoms with Crippen LogP contribution in [0.5, 0.6) is 0 Å². The van der Waals surface area contributed by atoms with Gasteiger partial charge in [-0.15, -0.1) is 11.8 Å². The largest absolute Gasteiger partial charge is 0.393 e. The summed E-state index contributed by atoms with van der Waals surface area (Å²) in [6.45, 7) is 1.80. The molecule has 0 aromatic heterocycles. The first kappa shape index (κ1) is 10.1. The molecule has 1 aromatic carbocycles. The number of hydrogen-bond donors (Lipinski definition) is 1. The van der Waals surface area contributed by atoms with E-state index < -0.39 is 0 Å². The molecule has 0 aliphatic carbocycles. The zero-order valence-electron chi connectivity index (χ0n) is 6.83. The monoisotopic (exact) mass is 246 g/mol. The third-order valence-electron chi connectivity index (χ3n) is 1.29. The van der Waals surface area contributed by atoms with E-state index in [0.717, 1.165) is 10.2 Å². The van der Waals surface area contributed by atoms with Gasteiger partial charge in [0.25, 0.3) is 0 Å². The van der Waals surface area contributed by atoms with E-state index in [9.17, 15) is 0 Å². The molecule has 0 radical (unpaired) electrons. The highest BCUT2D eigenvalue weighted by Crippen LogP contribution is 2.22. The maximum Gasteiger partial charge on any atom is 0.0606 e. The van der Waals surface area contributed by atoms with E-state index in [1.807, 2.05) is 24.3 Å². The molecular formula is C9H11BrOS. The van der Waals surface area contributed by atoms with E-state index in [0.29, 0.717) is 0 Å². The summed E-state index contributed by atoms with van der Waals surface area (Å²) in [7, 11) is 0. The molecule has 1 aromatic rings. The lowest BCUT2D eigenvalue weighted by Crippen LogP contribution is -2.01. The first-order chi connectivity index (χ1) is 5.68. The van der Waals surface area contributed by atoms with Crippen LogP contribution in [0.15, 0.2) is 33.6 Å². The number of halogens is 1. The third-order valence-corrected chi connectivity index (χ3v) is 3.02. The van der Waals surface area contributed by atoms with Gasteiger partial charge in [-0.05, 0) is 25.1 Å². The minimum Gasteiger partial charge on any atom is -0.393 e. The summed E-state index contributed by atoms with van der Waals surface area (Å²) < 4.78 is 1.08. The van der Waals surface area contributed by atoms with Crippen LogP contribution < -0.4 is 0 Å². The van der Waals surface area contributed by atoms with Crippen molar-refractivity contribution in [2.45, 2.75) is 17.9 Å². The highest BCUT2D eigenvalue weighted by molar-refractivity contribution is 9.10. The van der Waals surface area contributed by atoms with Crippen molar-refractivity contribution in [1.29, 1.82) is 0 Å². The molecule has 1 nitrogen and oxygen atoms in total. The molecule has 1 N–H and O–H groups in total. The summed E-state index contributed by atoms with van der Waals surface area (Å²) in [6, 6.07) is 8.08. The van der Waals surface area contributed by atoms with Crippen molar-refractivity contribution in [2.75, 3.05) is 5.75 Å². The van der Waals surface area contributed by atoms with E-state index in [2.05, 4.69) is 15.9 Å². The van der Waals surface area contributed by atoms with Crippen LogP contribution in [-0.4, -0.2) is 17.0 Å². The summed E-state index contributed by atoms with van der Waals surface area (Å²) in [4.78, 5) is 1.19. The second-order valence-corrected chi connectivity index (χ2v) is 4.63. The lowest BCUT2D eigenvalue weighted by atomic mass is 10.4. The van der Waals surface area contributed by atoms with Crippen molar-refractivity contribution in [3.8, 4) is 0 Å². The van der Waals surface area contributed by atoms with Crippen molar-refractivity contribution < 1.29 is 5.11 Å². The fourth-order valence-electron chi connectivity index (χ4n) is 0.774. The van der Waals surface area contributed by atoms with Crippen molar-refractivity contribution >= 4 is 27.7 Å². The highest BCUT2D eigenvalue weighted by Gasteiger charge is 1.98. The number of benzene rings is 1. The molecule has 0 fully saturated rings. The van der Waals surface area contributed by atoms with Gasteiger partial charge in [-0.25, -0.2) is 0 Å². The van der Waals surface area contributed by atoms with Gasteiger partial charge in [-0.3, -0.25) is 0 Å². The lowest BCUT2D eigenvalue weighted by molar-refractivity contribution is 0.220. The number of hydrogen-bond acceptors (Lipinski definition) is 2. The number of thioether (sulfide) groups is 1.